The fourth-order valence-corrected chi connectivity index (χ4v) is 2.10. The van der Waals surface area contributed by atoms with Gasteiger partial charge < -0.3 is 10.1 Å². The van der Waals surface area contributed by atoms with E-state index in [9.17, 15) is 14.4 Å². The predicted molar refractivity (Wildman–Crippen MR) is 76.0 cm³/mol. The second-order valence-electron chi connectivity index (χ2n) is 4.79. The minimum absolute atomic E-state index is 0.210. The van der Waals surface area contributed by atoms with Crippen LogP contribution in [-0.2, 0) is 14.4 Å². The van der Waals surface area contributed by atoms with E-state index in [-0.39, 0.29) is 18.9 Å². The molecule has 1 aromatic rings. The third-order valence-electron chi connectivity index (χ3n) is 3.02. The number of amides is 3. The van der Waals surface area contributed by atoms with Gasteiger partial charge >= 0.3 is 0 Å². The molecule has 6 nitrogen and oxygen atoms in total. The molecule has 1 aliphatic rings. The smallest absolute Gasteiger partial charge is 0.258 e. The highest BCUT2D eigenvalue weighted by Gasteiger charge is 2.27. The molecule has 1 fully saturated rings. The highest BCUT2D eigenvalue weighted by molar-refractivity contribution is 6.32. The largest absolute Gasteiger partial charge is 0.482 e. The van der Waals surface area contributed by atoms with Crippen molar-refractivity contribution in [2.24, 2.45) is 0 Å². The molecule has 1 heterocycles. The fraction of sp³-hybridized carbons (Fsp3) is 0.357. The molecule has 0 aliphatic carbocycles. The van der Waals surface area contributed by atoms with E-state index >= 15 is 0 Å². The van der Waals surface area contributed by atoms with Gasteiger partial charge in [-0.2, -0.15) is 0 Å². The van der Waals surface area contributed by atoms with Crippen LogP contribution in [-0.4, -0.2) is 30.4 Å². The molecule has 2 rings (SSSR count). The number of benzene rings is 1. The number of carbonyl (C=O) groups is 3. The molecule has 7 heteroatoms. The van der Waals surface area contributed by atoms with Gasteiger partial charge in [0, 0.05) is 6.42 Å². The molecular weight excluding hydrogens is 296 g/mol. The summed E-state index contributed by atoms with van der Waals surface area (Å²) in [6.45, 7) is 1.63. The van der Waals surface area contributed by atoms with Gasteiger partial charge in [0.2, 0.25) is 11.8 Å². The number of ether oxygens (including phenoxy) is 1. The van der Waals surface area contributed by atoms with Crippen molar-refractivity contribution in [2.45, 2.75) is 25.8 Å². The average molecular weight is 311 g/mol. The lowest BCUT2D eigenvalue weighted by Crippen LogP contribution is -2.53. The van der Waals surface area contributed by atoms with Crippen molar-refractivity contribution in [3.63, 3.8) is 0 Å². The molecule has 1 unspecified atom stereocenters. The first-order valence-electron chi connectivity index (χ1n) is 6.47. The van der Waals surface area contributed by atoms with Crippen LogP contribution >= 0.6 is 11.6 Å². The Labute approximate surface area is 126 Å². The number of rotatable bonds is 4. The predicted octanol–water partition coefficient (Wildman–Crippen LogP) is 0.949. The van der Waals surface area contributed by atoms with E-state index < -0.39 is 17.9 Å². The zero-order valence-electron chi connectivity index (χ0n) is 11.4. The zero-order valence-corrected chi connectivity index (χ0v) is 12.2. The Morgan fingerprint density at radius 2 is 2.24 bits per heavy atom. The van der Waals surface area contributed by atoms with Crippen molar-refractivity contribution >= 4 is 29.3 Å². The topological polar surface area (TPSA) is 84.5 Å². The highest BCUT2D eigenvalue weighted by Crippen LogP contribution is 2.25. The summed E-state index contributed by atoms with van der Waals surface area (Å²) in [5.74, 6) is -0.848. The van der Waals surface area contributed by atoms with Crippen molar-refractivity contribution in [1.29, 1.82) is 0 Å². The van der Waals surface area contributed by atoms with Crippen LogP contribution in [0.5, 0.6) is 5.75 Å². The summed E-state index contributed by atoms with van der Waals surface area (Å²) in [5, 5.41) is 5.10. The number of imide groups is 1. The highest BCUT2D eigenvalue weighted by atomic mass is 35.5. The summed E-state index contributed by atoms with van der Waals surface area (Å²) in [6, 6.07) is 4.54. The lowest BCUT2D eigenvalue weighted by atomic mass is 10.1. The van der Waals surface area contributed by atoms with E-state index in [1.165, 1.54) is 0 Å². The van der Waals surface area contributed by atoms with Gasteiger partial charge in [-0.05, 0) is 31.0 Å². The van der Waals surface area contributed by atoms with Gasteiger partial charge in [-0.3, -0.25) is 19.7 Å². The molecular formula is C14H15ClN2O4. The Morgan fingerprint density at radius 1 is 1.48 bits per heavy atom. The maximum Gasteiger partial charge on any atom is 0.258 e. The van der Waals surface area contributed by atoms with Crippen LogP contribution in [0.2, 0.25) is 5.02 Å². The van der Waals surface area contributed by atoms with Crippen molar-refractivity contribution in [3.8, 4) is 5.75 Å². The molecule has 0 radical (unpaired) electrons. The van der Waals surface area contributed by atoms with Gasteiger partial charge in [-0.25, -0.2) is 0 Å². The number of nitrogens with one attached hydrogen (secondary N) is 2. The first-order valence-corrected chi connectivity index (χ1v) is 6.85. The van der Waals surface area contributed by atoms with Crippen LogP contribution in [0.25, 0.3) is 0 Å². The monoisotopic (exact) mass is 310 g/mol. The molecule has 112 valence electrons. The maximum absolute atomic E-state index is 11.8. The van der Waals surface area contributed by atoms with E-state index in [1.54, 1.807) is 12.1 Å². The first-order chi connectivity index (χ1) is 9.95. The number of carbonyl (C=O) groups excluding carboxylic acids is 3. The number of piperidine rings is 1. The molecule has 0 bridgehead atoms. The van der Waals surface area contributed by atoms with Gasteiger partial charge in [-0.15, -0.1) is 0 Å². The molecule has 21 heavy (non-hydrogen) atoms. The summed E-state index contributed by atoms with van der Waals surface area (Å²) >= 11 is 5.95. The van der Waals surface area contributed by atoms with Gasteiger partial charge in [0.05, 0.1) is 5.02 Å². The Morgan fingerprint density at radius 3 is 2.95 bits per heavy atom. The number of hydrogen-bond donors (Lipinski definition) is 2. The Hall–Kier alpha value is -2.08. The van der Waals surface area contributed by atoms with Crippen molar-refractivity contribution in [3.05, 3.63) is 28.8 Å². The summed E-state index contributed by atoms with van der Waals surface area (Å²) in [7, 11) is 0. The van der Waals surface area contributed by atoms with E-state index in [0.29, 0.717) is 17.2 Å². The van der Waals surface area contributed by atoms with Gasteiger partial charge in [0.15, 0.2) is 6.61 Å². The lowest BCUT2D eigenvalue weighted by Gasteiger charge is -2.21. The summed E-state index contributed by atoms with van der Waals surface area (Å²) < 4.78 is 5.33. The quantitative estimate of drug-likeness (QED) is 0.811. The molecule has 1 atom stereocenters. The third kappa shape index (κ3) is 4.19. The van der Waals surface area contributed by atoms with Crippen molar-refractivity contribution in [1.82, 2.24) is 10.6 Å². The van der Waals surface area contributed by atoms with Crippen LogP contribution in [0.15, 0.2) is 18.2 Å². The van der Waals surface area contributed by atoms with Crippen LogP contribution in [0.3, 0.4) is 0 Å². The van der Waals surface area contributed by atoms with Gasteiger partial charge in [0.1, 0.15) is 11.8 Å². The summed E-state index contributed by atoms with van der Waals surface area (Å²) in [6.07, 6.45) is 0.503. The minimum atomic E-state index is -0.702. The third-order valence-corrected chi connectivity index (χ3v) is 3.33. The SMILES string of the molecule is Cc1ccc(Cl)c(OCC(=O)NC2CCC(=O)NC2=O)c1. The number of aryl methyl sites for hydroxylation is 1. The van der Waals surface area contributed by atoms with E-state index in [1.807, 2.05) is 13.0 Å². The summed E-state index contributed by atoms with van der Waals surface area (Å²) in [5.41, 5.74) is 0.958. The van der Waals surface area contributed by atoms with Crippen molar-refractivity contribution in [2.75, 3.05) is 6.61 Å². The van der Waals surface area contributed by atoms with Crippen LogP contribution in [0.1, 0.15) is 18.4 Å². The van der Waals surface area contributed by atoms with E-state index in [4.69, 9.17) is 16.3 Å². The normalized spacial score (nSPS) is 18.1. The Balaban J connectivity index is 1.86. The van der Waals surface area contributed by atoms with E-state index in [0.717, 1.165) is 5.56 Å². The molecule has 0 saturated carbocycles. The fourth-order valence-electron chi connectivity index (χ4n) is 1.93. The number of halogens is 1. The Kier molecular flexibility index (Phi) is 4.80. The number of hydrogen-bond acceptors (Lipinski definition) is 4. The Bertz CT molecular complexity index is 588. The molecule has 1 saturated heterocycles. The second-order valence-corrected chi connectivity index (χ2v) is 5.20. The maximum atomic E-state index is 11.8. The molecule has 0 aromatic heterocycles. The molecule has 3 amide bonds. The van der Waals surface area contributed by atoms with Gasteiger partial charge in [-0.1, -0.05) is 17.7 Å². The zero-order chi connectivity index (χ0) is 15.4. The average Bonchev–Trinajstić information content (AvgIpc) is 2.43. The lowest BCUT2D eigenvalue weighted by molar-refractivity contribution is -0.137. The van der Waals surface area contributed by atoms with Crippen LogP contribution in [0.4, 0.5) is 0 Å². The van der Waals surface area contributed by atoms with E-state index in [2.05, 4.69) is 10.6 Å². The first kappa shape index (κ1) is 15.3. The molecule has 1 aliphatic heterocycles. The van der Waals surface area contributed by atoms with Crippen LogP contribution < -0.4 is 15.4 Å². The van der Waals surface area contributed by atoms with Crippen LogP contribution in [0, 0.1) is 6.92 Å². The summed E-state index contributed by atoms with van der Waals surface area (Å²) in [4.78, 5) is 34.3. The molecule has 1 aromatic carbocycles. The van der Waals surface area contributed by atoms with Gasteiger partial charge in [0.25, 0.3) is 5.91 Å². The molecule has 2 N–H and O–H groups in total. The standard InChI is InChI=1S/C14H15ClN2O4/c1-8-2-3-9(15)11(6-8)21-7-13(19)16-10-4-5-12(18)17-14(10)20/h2-3,6,10H,4-5,7H2,1H3,(H,16,19)(H,17,18,20). The van der Waals surface area contributed by atoms with Crippen molar-refractivity contribution < 1.29 is 19.1 Å². The minimum Gasteiger partial charge on any atom is -0.482 e. The molecule has 0 spiro atoms. The second kappa shape index (κ2) is 6.58.